The van der Waals surface area contributed by atoms with Crippen LogP contribution < -0.4 is 0 Å². The molecular weight excluding hydrogens is 817 g/mol. The lowest BCUT2D eigenvalue weighted by Gasteiger charge is -2.33. The molecule has 0 saturated heterocycles. The van der Waals surface area contributed by atoms with Gasteiger partial charge in [0, 0.05) is 11.8 Å². The molecule has 0 radical (unpaired) electrons. The number of benzene rings is 8. The first-order valence-electron chi connectivity index (χ1n) is 24.9. The highest BCUT2D eigenvalue weighted by atomic mass is 14.3. The lowest BCUT2D eigenvalue weighted by atomic mass is 9.71. The van der Waals surface area contributed by atoms with Crippen molar-refractivity contribution in [3.8, 4) is 33.4 Å². The molecule has 0 fully saturated rings. The SMILES string of the molecule is CC.CC.CC1=C(c2ccccc2C)C=CC(c2ccccc2C)C1C/C(C)=C/c1c(-c2ccccc2)cccc1C(C)c1cccc(-c2cccc(-c3ccccc3)c2)c1.Cc1ccccc1. The molecule has 0 spiro atoms. The molecule has 8 aromatic carbocycles. The van der Waals surface area contributed by atoms with Gasteiger partial charge >= 0.3 is 0 Å². The number of rotatable bonds is 10. The molecular formula is C68H72. The quantitative estimate of drug-likeness (QED) is 0.128. The first-order valence-corrected chi connectivity index (χ1v) is 24.9. The first kappa shape index (κ1) is 50.4. The van der Waals surface area contributed by atoms with Crippen LogP contribution >= 0.6 is 0 Å². The zero-order valence-electron chi connectivity index (χ0n) is 42.3. The van der Waals surface area contributed by atoms with Crippen LogP contribution in [0, 0.1) is 26.7 Å². The Morgan fingerprint density at radius 2 is 0.985 bits per heavy atom. The van der Waals surface area contributed by atoms with Crippen molar-refractivity contribution in [3.63, 3.8) is 0 Å². The van der Waals surface area contributed by atoms with Gasteiger partial charge in [-0.05, 0) is 131 Å². The van der Waals surface area contributed by atoms with E-state index < -0.39 is 0 Å². The summed E-state index contributed by atoms with van der Waals surface area (Å²) in [5.74, 6) is 0.805. The normalized spacial score (nSPS) is 14.6. The van der Waals surface area contributed by atoms with Gasteiger partial charge in [0.05, 0.1) is 0 Å². The third-order valence-corrected chi connectivity index (χ3v) is 13.1. The standard InChI is InChI=1S/C57H52.C7H8.2C2H6/c1-39(35-56-43(5)53(50-29-14-12-19-40(50)2)33-34-55(56)51-30-15-13-20-41(51)3)36-57-52(31-18-32-54(57)45-23-10-7-11-24-45)42(4)46-25-16-27-48(37-46)49-28-17-26-47(38-49)44-21-8-6-9-22-44;1-7-5-3-2-4-6-7;2*1-2/h6-34,36-38,42,55-56H,35H2,1-5H3;2-6H,1H3;2*1-2H3/b39-36+;;;. The molecule has 0 aliphatic heterocycles. The van der Waals surface area contributed by atoms with E-state index in [1.807, 2.05) is 45.9 Å². The van der Waals surface area contributed by atoms with Gasteiger partial charge in [0.25, 0.3) is 0 Å². The van der Waals surface area contributed by atoms with Crippen molar-refractivity contribution in [1.82, 2.24) is 0 Å². The van der Waals surface area contributed by atoms with Gasteiger partial charge in [0.1, 0.15) is 0 Å². The Bertz CT molecular complexity index is 2910. The Morgan fingerprint density at radius 1 is 0.485 bits per heavy atom. The molecule has 0 amide bonds. The molecule has 9 rings (SSSR count). The largest absolute Gasteiger partial charge is 0.0758 e. The predicted octanol–water partition coefficient (Wildman–Crippen LogP) is 19.7. The summed E-state index contributed by atoms with van der Waals surface area (Å²) in [7, 11) is 0. The molecule has 0 heterocycles. The maximum Gasteiger partial charge on any atom is 0.00927 e. The van der Waals surface area contributed by atoms with E-state index >= 15 is 0 Å². The van der Waals surface area contributed by atoms with Gasteiger partial charge in [-0.3, -0.25) is 0 Å². The fraction of sp³-hybridized carbons (Fsp3) is 0.206. The lowest BCUT2D eigenvalue weighted by Crippen LogP contribution is -2.18. The van der Waals surface area contributed by atoms with Crippen LogP contribution in [0.5, 0.6) is 0 Å². The van der Waals surface area contributed by atoms with Crippen LogP contribution in [0.25, 0.3) is 45.0 Å². The van der Waals surface area contributed by atoms with Gasteiger partial charge in [-0.15, -0.1) is 0 Å². The fourth-order valence-electron chi connectivity index (χ4n) is 9.53. The van der Waals surface area contributed by atoms with E-state index in [0.717, 1.165) is 6.42 Å². The monoisotopic (exact) mass is 889 g/mol. The average molecular weight is 889 g/mol. The topological polar surface area (TPSA) is 0 Å². The summed E-state index contributed by atoms with van der Waals surface area (Å²) >= 11 is 0. The second kappa shape index (κ2) is 25.2. The Balaban J connectivity index is 0.000000622. The molecule has 0 bridgehead atoms. The van der Waals surface area contributed by atoms with E-state index in [1.54, 1.807) is 0 Å². The highest BCUT2D eigenvalue weighted by molar-refractivity contribution is 5.82. The molecule has 344 valence electrons. The minimum atomic E-state index is 0.177. The fourth-order valence-corrected chi connectivity index (χ4v) is 9.53. The minimum Gasteiger partial charge on any atom is -0.0758 e. The number of hydrogen-bond donors (Lipinski definition) is 0. The molecule has 0 N–H and O–H groups in total. The molecule has 0 saturated carbocycles. The summed E-state index contributed by atoms with van der Waals surface area (Å²) in [5, 5.41) is 0. The van der Waals surface area contributed by atoms with Crippen molar-refractivity contribution in [2.45, 2.75) is 87.5 Å². The van der Waals surface area contributed by atoms with Crippen molar-refractivity contribution in [1.29, 1.82) is 0 Å². The highest BCUT2D eigenvalue weighted by Gasteiger charge is 2.29. The molecule has 3 unspecified atom stereocenters. The maximum atomic E-state index is 2.51. The molecule has 0 nitrogen and oxygen atoms in total. The second-order valence-electron chi connectivity index (χ2n) is 17.6. The van der Waals surface area contributed by atoms with Crippen LogP contribution in [0.4, 0.5) is 0 Å². The third-order valence-electron chi connectivity index (χ3n) is 13.1. The predicted molar refractivity (Wildman–Crippen MR) is 299 cm³/mol. The van der Waals surface area contributed by atoms with E-state index in [0.29, 0.717) is 11.8 Å². The van der Waals surface area contributed by atoms with Crippen molar-refractivity contribution in [3.05, 3.63) is 274 Å². The molecule has 3 atom stereocenters. The van der Waals surface area contributed by atoms with Crippen LogP contribution in [0.1, 0.15) is 111 Å². The summed E-state index contributed by atoms with van der Waals surface area (Å²) in [6, 6.07) is 74.6. The maximum absolute atomic E-state index is 2.51. The van der Waals surface area contributed by atoms with Crippen LogP contribution in [0.2, 0.25) is 0 Å². The van der Waals surface area contributed by atoms with Crippen molar-refractivity contribution < 1.29 is 0 Å². The Kier molecular flexibility index (Phi) is 18.7. The smallest absolute Gasteiger partial charge is 0.00927 e. The van der Waals surface area contributed by atoms with Crippen LogP contribution in [0.3, 0.4) is 0 Å². The van der Waals surface area contributed by atoms with Crippen LogP contribution in [-0.2, 0) is 0 Å². The Labute approximate surface area is 410 Å². The molecule has 0 aromatic heterocycles. The molecule has 8 aromatic rings. The summed E-state index contributed by atoms with van der Waals surface area (Å²) in [6.07, 6.45) is 8.34. The van der Waals surface area contributed by atoms with Crippen LogP contribution in [0.15, 0.2) is 230 Å². The van der Waals surface area contributed by atoms with Gasteiger partial charge in [-0.25, -0.2) is 0 Å². The van der Waals surface area contributed by atoms with E-state index in [4.69, 9.17) is 0 Å². The van der Waals surface area contributed by atoms with E-state index in [2.05, 4.69) is 248 Å². The van der Waals surface area contributed by atoms with E-state index in [9.17, 15) is 0 Å². The molecule has 0 heteroatoms. The summed E-state index contributed by atoms with van der Waals surface area (Å²) < 4.78 is 0. The zero-order chi connectivity index (χ0) is 48.4. The average Bonchev–Trinajstić information content (AvgIpc) is 3.39. The Morgan fingerprint density at radius 3 is 1.60 bits per heavy atom. The van der Waals surface area contributed by atoms with Gasteiger partial charge in [0.15, 0.2) is 0 Å². The minimum absolute atomic E-state index is 0.177. The van der Waals surface area contributed by atoms with Gasteiger partial charge in [0.2, 0.25) is 0 Å². The van der Waals surface area contributed by atoms with E-state index in [1.165, 1.54) is 94.6 Å². The summed E-state index contributed by atoms with van der Waals surface area (Å²) in [5.41, 5.74) is 22.4. The lowest BCUT2D eigenvalue weighted by molar-refractivity contribution is 0.541. The van der Waals surface area contributed by atoms with Crippen molar-refractivity contribution in [2.75, 3.05) is 0 Å². The summed E-state index contributed by atoms with van der Waals surface area (Å²) in [4.78, 5) is 0. The number of hydrogen-bond acceptors (Lipinski definition) is 0. The van der Waals surface area contributed by atoms with Gasteiger partial charge in [-0.1, -0.05) is 270 Å². The van der Waals surface area contributed by atoms with Gasteiger partial charge < -0.3 is 0 Å². The highest BCUT2D eigenvalue weighted by Crippen LogP contribution is 2.45. The van der Waals surface area contributed by atoms with Gasteiger partial charge in [-0.2, -0.15) is 0 Å². The Hall–Kier alpha value is -7.02. The zero-order valence-corrected chi connectivity index (χ0v) is 42.3. The van der Waals surface area contributed by atoms with Crippen LogP contribution in [-0.4, -0.2) is 0 Å². The van der Waals surface area contributed by atoms with Crippen molar-refractivity contribution >= 4 is 11.6 Å². The molecule has 1 aliphatic rings. The van der Waals surface area contributed by atoms with Crippen molar-refractivity contribution in [2.24, 2.45) is 5.92 Å². The number of allylic oxidation sites excluding steroid dienone is 5. The number of aryl methyl sites for hydroxylation is 3. The van der Waals surface area contributed by atoms with E-state index in [-0.39, 0.29) is 5.92 Å². The second-order valence-corrected chi connectivity index (χ2v) is 17.6. The summed E-state index contributed by atoms with van der Waals surface area (Å²) in [6.45, 7) is 21.7. The molecule has 68 heavy (non-hydrogen) atoms. The third kappa shape index (κ3) is 12.5. The first-order chi connectivity index (χ1) is 33.2. The molecule has 1 aliphatic carbocycles.